The number of ether oxygens (including phenoxy) is 1. The van der Waals surface area contributed by atoms with Crippen LogP contribution in [0.1, 0.15) is 23.9 Å². The predicted molar refractivity (Wildman–Crippen MR) is 104 cm³/mol. The molecule has 1 aromatic heterocycles. The van der Waals surface area contributed by atoms with E-state index in [2.05, 4.69) is 10.2 Å². The number of thioether (sulfide) groups is 1. The van der Waals surface area contributed by atoms with Crippen LogP contribution < -0.4 is 4.74 Å². The number of aromatic nitrogens is 3. The molecule has 0 saturated carbocycles. The van der Waals surface area contributed by atoms with E-state index in [1.165, 1.54) is 11.8 Å². The van der Waals surface area contributed by atoms with Gasteiger partial charge in [0.1, 0.15) is 17.6 Å². The van der Waals surface area contributed by atoms with Gasteiger partial charge in [-0.15, -0.1) is 10.2 Å². The van der Waals surface area contributed by atoms with Crippen molar-refractivity contribution in [2.45, 2.75) is 37.4 Å². The minimum absolute atomic E-state index is 0.255. The van der Waals surface area contributed by atoms with Crippen LogP contribution in [0.5, 0.6) is 5.75 Å². The van der Waals surface area contributed by atoms with Gasteiger partial charge in [0.15, 0.2) is 11.0 Å². The highest BCUT2D eigenvalue weighted by molar-refractivity contribution is 8.00. The van der Waals surface area contributed by atoms with Crippen molar-refractivity contribution in [3.8, 4) is 5.75 Å². The van der Waals surface area contributed by atoms with Crippen molar-refractivity contribution in [3.05, 3.63) is 71.5 Å². The molecular weight excluding hydrogens is 362 g/mol. The van der Waals surface area contributed by atoms with Crippen molar-refractivity contribution in [3.63, 3.8) is 0 Å². The maximum absolute atomic E-state index is 11.2. The zero-order valence-corrected chi connectivity index (χ0v) is 16.0. The van der Waals surface area contributed by atoms with Crippen LogP contribution in [0.3, 0.4) is 0 Å². The van der Waals surface area contributed by atoms with E-state index in [1.54, 1.807) is 6.92 Å². The lowest BCUT2D eigenvalue weighted by molar-refractivity contribution is -0.136. The molecule has 27 heavy (non-hydrogen) atoms. The van der Waals surface area contributed by atoms with Crippen molar-refractivity contribution in [1.29, 1.82) is 0 Å². The average molecular weight is 383 g/mol. The molecule has 0 fully saturated rings. The number of aliphatic carboxylic acids is 1. The smallest absolute Gasteiger partial charge is 0.316 e. The summed E-state index contributed by atoms with van der Waals surface area (Å²) < 4.78 is 7.78. The summed E-state index contributed by atoms with van der Waals surface area (Å²) in [6, 6.07) is 17.7. The molecule has 6 nitrogen and oxygen atoms in total. The van der Waals surface area contributed by atoms with Crippen molar-refractivity contribution in [1.82, 2.24) is 14.8 Å². The molecule has 0 amide bonds. The molecule has 3 aromatic rings. The molecule has 0 radical (unpaired) electrons. The Bertz CT molecular complexity index is 912. The van der Waals surface area contributed by atoms with Crippen molar-refractivity contribution in [2.24, 2.45) is 0 Å². The summed E-state index contributed by atoms with van der Waals surface area (Å²) >= 11 is 1.18. The number of carboxylic acids is 1. The summed E-state index contributed by atoms with van der Waals surface area (Å²) in [5.74, 6) is 0.532. The van der Waals surface area contributed by atoms with Crippen LogP contribution in [0.4, 0.5) is 0 Å². The molecule has 0 aliphatic carbocycles. The Kier molecular flexibility index (Phi) is 6.13. The van der Waals surface area contributed by atoms with Crippen LogP contribution in [-0.4, -0.2) is 31.1 Å². The first-order chi connectivity index (χ1) is 13.0. The topological polar surface area (TPSA) is 77.2 Å². The van der Waals surface area contributed by atoms with Crippen LogP contribution in [0, 0.1) is 6.92 Å². The highest BCUT2D eigenvalue weighted by Gasteiger charge is 2.20. The van der Waals surface area contributed by atoms with Gasteiger partial charge in [-0.2, -0.15) is 0 Å². The summed E-state index contributed by atoms with van der Waals surface area (Å²) in [5, 5.41) is 17.6. The Morgan fingerprint density at radius 1 is 1.19 bits per heavy atom. The fourth-order valence-electron chi connectivity index (χ4n) is 2.50. The Hall–Kier alpha value is -2.80. The third kappa shape index (κ3) is 5.10. The number of hydrogen-bond donors (Lipinski definition) is 1. The Morgan fingerprint density at radius 2 is 1.96 bits per heavy atom. The normalized spacial score (nSPS) is 11.9. The zero-order chi connectivity index (χ0) is 19.2. The summed E-state index contributed by atoms with van der Waals surface area (Å²) in [4.78, 5) is 11.2. The quantitative estimate of drug-likeness (QED) is 0.597. The number of benzene rings is 2. The van der Waals surface area contributed by atoms with Gasteiger partial charge in [0.05, 0.1) is 6.54 Å². The zero-order valence-electron chi connectivity index (χ0n) is 15.2. The van der Waals surface area contributed by atoms with Crippen molar-refractivity contribution < 1.29 is 14.6 Å². The second-order valence-electron chi connectivity index (χ2n) is 6.17. The van der Waals surface area contributed by atoms with Crippen molar-refractivity contribution >= 4 is 17.7 Å². The molecule has 0 aliphatic heterocycles. The lowest BCUT2D eigenvalue weighted by Gasteiger charge is -2.12. The lowest BCUT2D eigenvalue weighted by atomic mass is 10.2. The number of carboxylic acid groups (broad SMARTS) is 1. The van der Waals surface area contributed by atoms with E-state index in [-0.39, 0.29) is 6.61 Å². The fraction of sp³-hybridized carbons (Fsp3) is 0.250. The van der Waals surface area contributed by atoms with Gasteiger partial charge < -0.3 is 9.84 Å². The largest absolute Gasteiger partial charge is 0.486 e. The summed E-state index contributed by atoms with van der Waals surface area (Å²) in [6.07, 6.45) is 0. The van der Waals surface area contributed by atoms with E-state index in [0.717, 1.165) is 16.9 Å². The van der Waals surface area contributed by atoms with E-state index in [9.17, 15) is 9.90 Å². The Labute approximate surface area is 162 Å². The van der Waals surface area contributed by atoms with Gasteiger partial charge in [0, 0.05) is 0 Å². The van der Waals surface area contributed by atoms with Crippen LogP contribution in [0.15, 0.2) is 59.8 Å². The van der Waals surface area contributed by atoms with Gasteiger partial charge in [-0.05, 0) is 37.1 Å². The first-order valence-corrected chi connectivity index (χ1v) is 9.46. The third-order valence-electron chi connectivity index (χ3n) is 3.96. The minimum Gasteiger partial charge on any atom is -0.486 e. The van der Waals surface area contributed by atoms with Gasteiger partial charge >= 0.3 is 5.97 Å². The molecule has 0 bridgehead atoms. The first kappa shape index (κ1) is 19.0. The first-order valence-electron chi connectivity index (χ1n) is 8.58. The predicted octanol–water partition coefficient (Wildman–Crippen LogP) is 3.78. The van der Waals surface area contributed by atoms with Gasteiger partial charge in [-0.1, -0.05) is 54.2 Å². The Morgan fingerprint density at radius 3 is 2.67 bits per heavy atom. The van der Waals surface area contributed by atoms with Gasteiger partial charge in [0.25, 0.3) is 0 Å². The van der Waals surface area contributed by atoms with Crippen LogP contribution in [-0.2, 0) is 17.9 Å². The molecule has 2 aromatic carbocycles. The molecule has 1 N–H and O–H groups in total. The number of nitrogens with zero attached hydrogens (tertiary/aromatic N) is 3. The van der Waals surface area contributed by atoms with E-state index >= 15 is 0 Å². The summed E-state index contributed by atoms with van der Waals surface area (Å²) in [6.45, 7) is 4.45. The van der Waals surface area contributed by atoms with Crippen LogP contribution in [0.2, 0.25) is 0 Å². The lowest BCUT2D eigenvalue weighted by Crippen LogP contribution is -2.14. The molecule has 0 aliphatic rings. The monoisotopic (exact) mass is 383 g/mol. The fourth-order valence-corrected chi connectivity index (χ4v) is 3.30. The molecule has 0 spiro atoms. The van der Waals surface area contributed by atoms with E-state index in [0.29, 0.717) is 17.5 Å². The number of rotatable bonds is 8. The highest BCUT2D eigenvalue weighted by atomic mass is 32.2. The van der Waals surface area contributed by atoms with Crippen LogP contribution >= 0.6 is 11.8 Å². The standard InChI is InChI=1S/C20H21N3O3S/c1-14-7-6-10-17(11-14)26-13-18-21-22-20(27-15(2)19(24)25)23(18)12-16-8-4-3-5-9-16/h3-11,15H,12-13H2,1-2H3,(H,24,25)/t15-/m1/s1. The minimum atomic E-state index is -0.883. The van der Waals surface area contributed by atoms with Crippen molar-refractivity contribution in [2.75, 3.05) is 0 Å². The number of carbonyl (C=O) groups is 1. The third-order valence-corrected chi connectivity index (χ3v) is 5.03. The second kappa shape index (κ2) is 8.73. The maximum atomic E-state index is 11.2. The highest BCUT2D eigenvalue weighted by Crippen LogP contribution is 2.24. The molecular formula is C20H21N3O3S. The average Bonchev–Trinajstić information content (AvgIpc) is 3.02. The van der Waals surface area contributed by atoms with Gasteiger partial charge in [-0.25, -0.2) is 0 Å². The molecule has 1 atom stereocenters. The molecule has 140 valence electrons. The van der Waals surface area contributed by atoms with E-state index in [1.807, 2.05) is 66.1 Å². The van der Waals surface area contributed by atoms with Gasteiger partial charge in [-0.3, -0.25) is 9.36 Å². The van der Waals surface area contributed by atoms with Crippen LogP contribution in [0.25, 0.3) is 0 Å². The maximum Gasteiger partial charge on any atom is 0.316 e. The summed E-state index contributed by atoms with van der Waals surface area (Å²) in [7, 11) is 0. The number of hydrogen-bond acceptors (Lipinski definition) is 5. The Balaban J connectivity index is 1.83. The molecule has 0 unspecified atom stereocenters. The van der Waals surface area contributed by atoms with E-state index in [4.69, 9.17) is 4.74 Å². The molecule has 1 heterocycles. The molecule has 3 rings (SSSR count). The number of aryl methyl sites for hydroxylation is 1. The summed E-state index contributed by atoms with van der Waals surface area (Å²) in [5.41, 5.74) is 2.20. The molecule has 7 heteroatoms. The second-order valence-corrected chi connectivity index (χ2v) is 7.48. The SMILES string of the molecule is Cc1cccc(OCc2nnc(S[C@H](C)C(=O)O)n2Cc2ccccc2)c1. The van der Waals surface area contributed by atoms with Gasteiger partial charge in [0.2, 0.25) is 0 Å². The van der Waals surface area contributed by atoms with E-state index < -0.39 is 11.2 Å². The molecule has 0 saturated heterocycles.